The van der Waals surface area contributed by atoms with E-state index in [0.717, 1.165) is 56.5 Å². The molecule has 0 saturated carbocycles. The molecular weight excluding hydrogens is 576 g/mol. The van der Waals surface area contributed by atoms with Crippen LogP contribution in [0.1, 0.15) is 68.6 Å². The molecule has 2 heterocycles. The van der Waals surface area contributed by atoms with Crippen molar-refractivity contribution in [3.63, 3.8) is 0 Å². The summed E-state index contributed by atoms with van der Waals surface area (Å²) in [7, 11) is 0. The zero-order chi connectivity index (χ0) is 29.2. The number of para-hydroxylation sites is 1. The molecular formula is C35H43BrN2O3. The van der Waals surface area contributed by atoms with Crippen LogP contribution in [-0.4, -0.2) is 52.8 Å². The molecule has 2 aliphatic rings. The molecule has 0 aliphatic carbocycles. The van der Waals surface area contributed by atoms with Gasteiger partial charge >= 0.3 is 0 Å². The molecule has 1 unspecified atom stereocenters. The lowest BCUT2D eigenvalue weighted by atomic mass is 9.77. The number of aromatic hydroxyl groups is 1. The minimum absolute atomic E-state index is 0.0616. The monoisotopic (exact) mass is 618 g/mol. The van der Waals surface area contributed by atoms with Gasteiger partial charge in [0.1, 0.15) is 11.5 Å². The number of carbonyl (C=O) groups excluding carboxylic acids is 2. The molecule has 2 fully saturated rings. The number of piperidine rings is 1. The van der Waals surface area contributed by atoms with E-state index in [9.17, 15) is 14.7 Å². The summed E-state index contributed by atoms with van der Waals surface area (Å²) < 4.78 is 1.08. The fourth-order valence-corrected chi connectivity index (χ4v) is 6.39. The number of likely N-dealkylation sites (tertiary alicyclic amines) is 2. The maximum Gasteiger partial charge on any atom is 0.229 e. The van der Waals surface area contributed by atoms with Crippen molar-refractivity contribution >= 4 is 27.6 Å². The van der Waals surface area contributed by atoms with Gasteiger partial charge in [-0.25, -0.2) is 0 Å². The van der Waals surface area contributed by atoms with Crippen LogP contribution in [-0.2, 0) is 22.6 Å². The largest absolute Gasteiger partial charge is 0.508 e. The normalized spacial score (nSPS) is 17.2. The number of halogens is 1. The number of ketones is 1. The summed E-state index contributed by atoms with van der Waals surface area (Å²) in [6, 6.07) is 26.1. The van der Waals surface area contributed by atoms with Crippen molar-refractivity contribution in [2.45, 2.75) is 64.8 Å². The molecule has 6 heteroatoms. The molecule has 41 heavy (non-hydrogen) atoms. The second kappa shape index (κ2) is 14.8. The van der Waals surface area contributed by atoms with E-state index in [-0.39, 0.29) is 16.9 Å². The second-order valence-corrected chi connectivity index (χ2v) is 12.5. The van der Waals surface area contributed by atoms with E-state index in [1.807, 2.05) is 0 Å². The number of hydrogen-bond donors (Lipinski definition) is 1. The Hall–Kier alpha value is -2.96. The summed E-state index contributed by atoms with van der Waals surface area (Å²) in [6.07, 6.45) is 5.77. The van der Waals surface area contributed by atoms with Gasteiger partial charge in [-0.1, -0.05) is 83.5 Å². The number of Topliss-reactive ketones (excluding diaryl/α,β-unsaturated/α-hetero) is 1. The summed E-state index contributed by atoms with van der Waals surface area (Å²) in [6.45, 7) is 8.70. The quantitative estimate of drug-likeness (QED) is 0.272. The van der Waals surface area contributed by atoms with Gasteiger partial charge in [0.15, 0.2) is 0 Å². The van der Waals surface area contributed by atoms with Crippen molar-refractivity contribution < 1.29 is 14.7 Å². The molecule has 1 spiro atoms. The first-order valence-electron chi connectivity index (χ1n) is 14.9. The average molecular weight is 620 g/mol. The zero-order valence-corrected chi connectivity index (χ0v) is 26.0. The third-order valence-corrected chi connectivity index (χ3v) is 9.22. The fourth-order valence-electron chi connectivity index (χ4n) is 6.12. The minimum Gasteiger partial charge on any atom is -0.508 e. The van der Waals surface area contributed by atoms with E-state index < -0.39 is 0 Å². The van der Waals surface area contributed by atoms with E-state index in [4.69, 9.17) is 0 Å². The van der Waals surface area contributed by atoms with Crippen molar-refractivity contribution in [2.24, 2.45) is 5.41 Å². The number of phenols is 1. The number of amides is 1. The number of carbonyl (C=O) groups is 2. The summed E-state index contributed by atoms with van der Waals surface area (Å²) >= 11 is 3.49. The van der Waals surface area contributed by atoms with E-state index in [1.165, 1.54) is 30.9 Å². The summed E-state index contributed by atoms with van der Waals surface area (Å²) in [5.74, 6) is 1.28. The Kier molecular flexibility index (Phi) is 11.2. The standard InChI is InChI=1S/C26H33BrN2O.C9H10O2/c1-2-22(23-6-4-3-5-7-23)12-16-28-17-13-26(14-18-28)15-19-29(25(26)30)20-21-8-10-24(27)11-9-21;1-7(10)6-8-4-2-3-5-9(8)11/h3-11,22H,2,12-20H2,1H3;2-5,11H,6H2,1H3. The van der Waals surface area contributed by atoms with Gasteiger partial charge in [-0.2, -0.15) is 0 Å². The molecule has 5 nitrogen and oxygen atoms in total. The molecule has 0 bridgehead atoms. The predicted molar refractivity (Wildman–Crippen MR) is 169 cm³/mol. The van der Waals surface area contributed by atoms with Crippen LogP contribution in [0.4, 0.5) is 0 Å². The van der Waals surface area contributed by atoms with Gasteiger partial charge < -0.3 is 14.9 Å². The van der Waals surface area contributed by atoms with Crippen molar-refractivity contribution in [2.75, 3.05) is 26.2 Å². The van der Waals surface area contributed by atoms with Gasteiger partial charge in [0.25, 0.3) is 0 Å². The first-order chi connectivity index (χ1) is 19.8. The highest BCUT2D eigenvalue weighted by Crippen LogP contribution is 2.42. The molecule has 218 valence electrons. The zero-order valence-electron chi connectivity index (χ0n) is 24.4. The van der Waals surface area contributed by atoms with Crippen molar-refractivity contribution in [1.29, 1.82) is 0 Å². The highest BCUT2D eigenvalue weighted by molar-refractivity contribution is 9.10. The fraction of sp³-hybridized carbons (Fsp3) is 0.429. The highest BCUT2D eigenvalue weighted by atomic mass is 79.9. The molecule has 1 amide bonds. The molecule has 0 aromatic heterocycles. The van der Waals surface area contributed by atoms with Crippen molar-refractivity contribution in [3.8, 4) is 5.75 Å². The van der Waals surface area contributed by atoms with Gasteiger partial charge in [0.05, 0.1) is 5.41 Å². The third kappa shape index (κ3) is 8.52. The lowest BCUT2D eigenvalue weighted by Gasteiger charge is -2.38. The molecule has 0 radical (unpaired) electrons. The number of benzene rings is 3. The van der Waals surface area contributed by atoms with Crippen LogP contribution in [0, 0.1) is 5.41 Å². The SMILES string of the molecule is CC(=O)Cc1ccccc1O.CCC(CCN1CCC2(CC1)CCN(Cc1ccc(Br)cc1)C2=O)c1ccccc1. The van der Waals surface area contributed by atoms with E-state index in [0.29, 0.717) is 23.8 Å². The van der Waals surface area contributed by atoms with Crippen LogP contribution in [0.3, 0.4) is 0 Å². The molecule has 3 aromatic carbocycles. The van der Waals surface area contributed by atoms with Gasteiger partial charge in [0, 0.05) is 29.5 Å². The third-order valence-electron chi connectivity index (χ3n) is 8.69. The molecule has 2 saturated heterocycles. The Morgan fingerprint density at radius 2 is 1.56 bits per heavy atom. The smallest absolute Gasteiger partial charge is 0.229 e. The van der Waals surface area contributed by atoms with Gasteiger partial charge in [-0.05, 0) is 93.9 Å². The number of phenolic OH excluding ortho intramolecular Hbond substituents is 1. The Balaban J connectivity index is 0.000000296. The van der Waals surface area contributed by atoms with E-state index in [1.54, 1.807) is 24.3 Å². The Morgan fingerprint density at radius 3 is 2.20 bits per heavy atom. The second-order valence-electron chi connectivity index (χ2n) is 11.5. The van der Waals surface area contributed by atoms with Crippen LogP contribution in [0.5, 0.6) is 5.75 Å². The molecule has 1 N–H and O–H groups in total. The van der Waals surface area contributed by atoms with Crippen molar-refractivity contribution in [1.82, 2.24) is 9.80 Å². The van der Waals surface area contributed by atoms with Crippen LogP contribution >= 0.6 is 15.9 Å². The Bertz CT molecular complexity index is 1270. The van der Waals surface area contributed by atoms with Crippen LogP contribution in [0.25, 0.3) is 0 Å². The van der Waals surface area contributed by atoms with Crippen LogP contribution < -0.4 is 0 Å². The van der Waals surface area contributed by atoms with Gasteiger partial charge in [-0.15, -0.1) is 0 Å². The number of nitrogens with zero attached hydrogens (tertiary/aromatic N) is 2. The first kappa shape index (κ1) is 31.0. The lowest BCUT2D eigenvalue weighted by Crippen LogP contribution is -2.44. The van der Waals surface area contributed by atoms with Crippen LogP contribution in [0.2, 0.25) is 0 Å². The van der Waals surface area contributed by atoms with E-state index in [2.05, 4.69) is 87.3 Å². The lowest BCUT2D eigenvalue weighted by molar-refractivity contribution is -0.138. The molecule has 3 aromatic rings. The molecule has 2 aliphatic heterocycles. The Morgan fingerprint density at radius 1 is 0.927 bits per heavy atom. The maximum atomic E-state index is 13.3. The summed E-state index contributed by atoms with van der Waals surface area (Å²) in [5, 5.41) is 9.21. The summed E-state index contributed by atoms with van der Waals surface area (Å²) in [5.41, 5.74) is 3.27. The Labute approximate surface area is 253 Å². The van der Waals surface area contributed by atoms with Crippen molar-refractivity contribution in [3.05, 3.63) is 100 Å². The van der Waals surface area contributed by atoms with Gasteiger partial charge in [-0.3, -0.25) is 9.59 Å². The van der Waals surface area contributed by atoms with Gasteiger partial charge in [0.2, 0.25) is 5.91 Å². The number of hydrogen-bond acceptors (Lipinski definition) is 4. The first-order valence-corrected chi connectivity index (χ1v) is 15.7. The minimum atomic E-state index is -0.102. The van der Waals surface area contributed by atoms with Crippen LogP contribution in [0.15, 0.2) is 83.3 Å². The summed E-state index contributed by atoms with van der Waals surface area (Å²) in [4.78, 5) is 28.6. The molecule has 5 rings (SSSR count). The molecule has 1 atom stereocenters. The highest BCUT2D eigenvalue weighted by Gasteiger charge is 2.47. The van der Waals surface area contributed by atoms with E-state index >= 15 is 0 Å². The average Bonchev–Trinajstić information content (AvgIpc) is 3.27. The number of rotatable bonds is 9. The topological polar surface area (TPSA) is 60.9 Å². The predicted octanol–water partition coefficient (Wildman–Crippen LogP) is 7.37. The maximum absolute atomic E-state index is 13.3.